The lowest BCUT2D eigenvalue weighted by atomic mass is 9.88. The lowest BCUT2D eigenvalue weighted by molar-refractivity contribution is -0.0308. The lowest BCUT2D eigenvalue weighted by Crippen LogP contribution is -2.54. The van der Waals surface area contributed by atoms with Gasteiger partial charge < -0.3 is 10.2 Å². The summed E-state index contributed by atoms with van der Waals surface area (Å²) in [7, 11) is 2.00. The van der Waals surface area contributed by atoms with Crippen molar-refractivity contribution in [1.82, 2.24) is 4.90 Å². The summed E-state index contributed by atoms with van der Waals surface area (Å²) >= 11 is 0. The van der Waals surface area contributed by atoms with Gasteiger partial charge in [-0.25, -0.2) is 0 Å². The molecule has 3 heteroatoms. The fourth-order valence-electron chi connectivity index (χ4n) is 2.10. The number of hydrogen-bond donors (Lipinski definition) is 2. The highest BCUT2D eigenvalue weighted by atomic mass is 16.3. The smallest absolute Gasteiger partial charge is 0.0695 e. The molecule has 0 radical (unpaired) electrons. The number of likely N-dealkylation sites (N-methyl/N-ethyl adjacent to an activating group) is 1. The van der Waals surface area contributed by atoms with Crippen molar-refractivity contribution >= 4 is 0 Å². The predicted octanol–water partition coefficient (Wildman–Crippen LogP) is 0.993. The quantitative estimate of drug-likeness (QED) is 0.716. The molecule has 1 aliphatic rings. The minimum Gasteiger partial charge on any atom is -0.394 e. The standard InChI is InChI=1S/C11H23NO2/c1-11(2,8-13)12(3)9-6-4-5-7-10(9)14/h9-10,13-14H,4-8H2,1-3H3/t9-,10-/m0/s1. The van der Waals surface area contributed by atoms with E-state index in [0.29, 0.717) is 0 Å². The second kappa shape index (κ2) is 4.60. The van der Waals surface area contributed by atoms with Gasteiger partial charge in [-0.3, -0.25) is 4.90 Å². The molecular formula is C11H23NO2. The molecule has 2 N–H and O–H groups in total. The van der Waals surface area contributed by atoms with Crippen molar-refractivity contribution in [2.45, 2.75) is 57.2 Å². The van der Waals surface area contributed by atoms with E-state index in [1.54, 1.807) is 0 Å². The second-order valence-electron chi connectivity index (χ2n) is 5.00. The van der Waals surface area contributed by atoms with Crippen molar-refractivity contribution in [1.29, 1.82) is 0 Å². The monoisotopic (exact) mass is 201 g/mol. The average molecular weight is 201 g/mol. The Balaban J connectivity index is 2.62. The van der Waals surface area contributed by atoms with E-state index in [1.165, 1.54) is 6.42 Å². The van der Waals surface area contributed by atoms with Crippen molar-refractivity contribution < 1.29 is 10.2 Å². The molecule has 14 heavy (non-hydrogen) atoms. The Hall–Kier alpha value is -0.120. The van der Waals surface area contributed by atoms with Crippen LogP contribution in [0, 0.1) is 0 Å². The zero-order chi connectivity index (χ0) is 10.8. The van der Waals surface area contributed by atoms with Gasteiger partial charge in [0, 0.05) is 11.6 Å². The van der Waals surface area contributed by atoms with E-state index in [4.69, 9.17) is 0 Å². The third kappa shape index (κ3) is 2.47. The maximum Gasteiger partial charge on any atom is 0.0695 e. The molecule has 84 valence electrons. The molecule has 0 aromatic carbocycles. The van der Waals surface area contributed by atoms with Crippen molar-refractivity contribution in [2.24, 2.45) is 0 Å². The van der Waals surface area contributed by atoms with Gasteiger partial charge in [0.05, 0.1) is 12.7 Å². The molecule has 1 aliphatic carbocycles. The highest BCUT2D eigenvalue weighted by Gasteiger charge is 2.34. The van der Waals surface area contributed by atoms with Gasteiger partial charge >= 0.3 is 0 Å². The summed E-state index contributed by atoms with van der Waals surface area (Å²) in [6.45, 7) is 4.15. The summed E-state index contributed by atoms with van der Waals surface area (Å²) in [6, 6.07) is 0.214. The fraction of sp³-hybridized carbons (Fsp3) is 1.00. The van der Waals surface area contributed by atoms with Crippen LogP contribution in [0.25, 0.3) is 0 Å². The van der Waals surface area contributed by atoms with Crippen molar-refractivity contribution in [3.63, 3.8) is 0 Å². The van der Waals surface area contributed by atoms with Gasteiger partial charge in [-0.2, -0.15) is 0 Å². The minimum absolute atomic E-state index is 0.132. The van der Waals surface area contributed by atoms with Crippen molar-refractivity contribution in [2.75, 3.05) is 13.7 Å². The molecule has 0 bridgehead atoms. The first kappa shape index (κ1) is 12.0. The molecule has 0 spiro atoms. The highest BCUT2D eigenvalue weighted by molar-refractivity contribution is 4.89. The summed E-state index contributed by atoms with van der Waals surface area (Å²) in [4.78, 5) is 2.12. The van der Waals surface area contributed by atoms with Crippen LogP contribution < -0.4 is 0 Å². The Morgan fingerprint density at radius 2 is 1.86 bits per heavy atom. The van der Waals surface area contributed by atoms with Crippen LogP contribution >= 0.6 is 0 Å². The molecular weight excluding hydrogens is 178 g/mol. The van der Waals surface area contributed by atoms with Crippen molar-refractivity contribution in [3.8, 4) is 0 Å². The largest absolute Gasteiger partial charge is 0.394 e. The summed E-state index contributed by atoms with van der Waals surface area (Å²) in [5.41, 5.74) is -0.233. The van der Waals surface area contributed by atoms with Gasteiger partial charge in [-0.15, -0.1) is 0 Å². The van der Waals surface area contributed by atoms with Crippen LogP contribution in [0.5, 0.6) is 0 Å². The van der Waals surface area contributed by atoms with Gasteiger partial charge in [0.25, 0.3) is 0 Å². The second-order valence-corrected chi connectivity index (χ2v) is 5.00. The van der Waals surface area contributed by atoms with E-state index in [1.807, 2.05) is 20.9 Å². The van der Waals surface area contributed by atoms with E-state index in [2.05, 4.69) is 4.90 Å². The Morgan fingerprint density at radius 1 is 1.29 bits per heavy atom. The molecule has 1 saturated carbocycles. The maximum absolute atomic E-state index is 9.87. The van der Waals surface area contributed by atoms with Gasteiger partial charge in [0.1, 0.15) is 0 Å². The molecule has 0 aliphatic heterocycles. The van der Waals surface area contributed by atoms with E-state index in [-0.39, 0.29) is 24.3 Å². The summed E-state index contributed by atoms with van der Waals surface area (Å²) in [5.74, 6) is 0. The minimum atomic E-state index is -0.233. The van der Waals surface area contributed by atoms with Crippen LogP contribution in [0.3, 0.4) is 0 Å². The third-order valence-corrected chi connectivity index (χ3v) is 3.53. The molecule has 1 rings (SSSR count). The Morgan fingerprint density at radius 3 is 2.36 bits per heavy atom. The van der Waals surface area contributed by atoms with E-state index in [9.17, 15) is 10.2 Å². The SMILES string of the molecule is CN([C@H]1CCCC[C@@H]1O)C(C)(C)CO. The summed E-state index contributed by atoms with van der Waals surface area (Å²) in [6.07, 6.45) is 4.04. The molecule has 0 unspecified atom stereocenters. The maximum atomic E-state index is 9.87. The number of rotatable bonds is 3. The molecule has 2 atom stereocenters. The number of aliphatic hydroxyl groups excluding tert-OH is 2. The van der Waals surface area contributed by atoms with E-state index < -0.39 is 0 Å². The molecule has 1 fully saturated rings. The van der Waals surface area contributed by atoms with Gasteiger partial charge in [-0.05, 0) is 33.7 Å². The number of hydrogen-bond acceptors (Lipinski definition) is 3. The summed E-state index contributed by atoms with van der Waals surface area (Å²) in [5, 5.41) is 19.1. The first-order chi connectivity index (χ1) is 6.49. The number of aliphatic hydroxyl groups is 2. The van der Waals surface area contributed by atoms with Crippen LogP contribution in [0.2, 0.25) is 0 Å². The van der Waals surface area contributed by atoms with Crippen LogP contribution in [0.4, 0.5) is 0 Å². The normalized spacial score (nSPS) is 29.6. The molecule has 0 heterocycles. The van der Waals surface area contributed by atoms with Crippen molar-refractivity contribution in [3.05, 3.63) is 0 Å². The first-order valence-electron chi connectivity index (χ1n) is 5.51. The van der Waals surface area contributed by atoms with E-state index >= 15 is 0 Å². The Labute approximate surface area is 86.7 Å². The number of nitrogens with zero attached hydrogens (tertiary/aromatic N) is 1. The van der Waals surface area contributed by atoms with Gasteiger partial charge in [-0.1, -0.05) is 12.8 Å². The van der Waals surface area contributed by atoms with Crippen LogP contribution in [0.1, 0.15) is 39.5 Å². The molecule has 3 nitrogen and oxygen atoms in total. The Bertz CT molecular complexity index is 182. The lowest BCUT2D eigenvalue weighted by Gasteiger charge is -2.43. The summed E-state index contributed by atoms with van der Waals surface area (Å²) < 4.78 is 0. The average Bonchev–Trinajstić information content (AvgIpc) is 2.17. The fourth-order valence-corrected chi connectivity index (χ4v) is 2.10. The highest BCUT2D eigenvalue weighted by Crippen LogP contribution is 2.26. The van der Waals surface area contributed by atoms with Crippen LogP contribution in [0.15, 0.2) is 0 Å². The predicted molar refractivity (Wildman–Crippen MR) is 57.2 cm³/mol. The molecule has 0 amide bonds. The van der Waals surface area contributed by atoms with Gasteiger partial charge in [0.2, 0.25) is 0 Å². The van der Waals surface area contributed by atoms with Crippen LogP contribution in [-0.4, -0.2) is 46.5 Å². The first-order valence-corrected chi connectivity index (χ1v) is 5.51. The van der Waals surface area contributed by atoms with Gasteiger partial charge in [0.15, 0.2) is 0 Å². The van der Waals surface area contributed by atoms with Crippen LogP contribution in [-0.2, 0) is 0 Å². The van der Waals surface area contributed by atoms with E-state index in [0.717, 1.165) is 19.3 Å². The zero-order valence-electron chi connectivity index (χ0n) is 9.53. The molecule has 0 aromatic rings. The molecule has 0 saturated heterocycles. The zero-order valence-corrected chi connectivity index (χ0v) is 9.53. The Kier molecular flexibility index (Phi) is 3.93. The third-order valence-electron chi connectivity index (χ3n) is 3.53. The topological polar surface area (TPSA) is 43.7 Å². The molecule has 0 aromatic heterocycles.